The minimum atomic E-state index is -1.06. The lowest BCUT2D eigenvalue weighted by molar-refractivity contribution is -0.124. The molecule has 6 nitrogen and oxygen atoms in total. The number of anilines is 1. The summed E-state index contributed by atoms with van der Waals surface area (Å²) in [5.74, 6) is -1.54. The van der Waals surface area contributed by atoms with Gasteiger partial charge in [-0.25, -0.2) is 4.79 Å². The summed E-state index contributed by atoms with van der Waals surface area (Å²) in [4.78, 5) is 33.8. The molecule has 0 saturated heterocycles. The largest absolute Gasteiger partial charge is 0.478 e. The third-order valence-electron chi connectivity index (χ3n) is 2.54. The molecule has 0 heterocycles. The van der Waals surface area contributed by atoms with Crippen LogP contribution in [0.25, 0.3) is 0 Å². The van der Waals surface area contributed by atoms with Gasteiger partial charge in [-0.2, -0.15) is 0 Å². The van der Waals surface area contributed by atoms with Gasteiger partial charge >= 0.3 is 5.97 Å². The maximum Gasteiger partial charge on any atom is 0.335 e. The van der Waals surface area contributed by atoms with Crippen molar-refractivity contribution in [3.05, 3.63) is 29.8 Å². The van der Waals surface area contributed by atoms with E-state index in [0.717, 1.165) is 6.42 Å². The van der Waals surface area contributed by atoms with E-state index in [-0.39, 0.29) is 30.2 Å². The van der Waals surface area contributed by atoms with E-state index in [1.165, 1.54) is 12.1 Å². The summed E-state index contributed by atoms with van der Waals surface area (Å²) < 4.78 is 0. The summed E-state index contributed by atoms with van der Waals surface area (Å²) in [7, 11) is 0. The van der Waals surface area contributed by atoms with Crippen LogP contribution in [0.2, 0.25) is 0 Å². The molecule has 0 aromatic heterocycles. The number of carbonyl (C=O) groups is 3. The van der Waals surface area contributed by atoms with Crippen LogP contribution in [-0.4, -0.2) is 29.4 Å². The summed E-state index contributed by atoms with van der Waals surface area (Å²) in [6.07, 6.45) is 1.03. The second-order valence-electron chi connectivity index (χ2n) is 4.28. The Morgan fingerprint density at radius 1 is 1.15 bits per heavy atom. The predicted octanol–water partition coefficient (Wildman–Crippen LogP) is 1.63. The lowest BCUT2D eigenvalue weighted by Crippen LogP contribution is -2.25. The van der Waals surface area contributed by atoms with E-state index < -0.39 is 5.97 Å². The van der Waals surface area contributed by atoms with Crippen LogP contribution < -0.4 is 10.6 Å². The topological polar surface area (TPSA) is 95.5 Å². The van der Waals surface area contributed by atoms with Gasteiger partial charge in [0.15, 0.2) is 0 Å². The van der Waals surface area contributed by atoms with Gasteiger partial charge in [-0.1, -0.05) is 13.0 Å². The first kappa shape index (κ1) is 15.7. The van der Waals surface area contributed by atoms with E-state index >= 15 is 0 Å². The normalized spacial score (nSPS) is 9.85. The molecule has 6 heteroatoms. The van der Waals surface area contributed by atoms with Gasteiger partial charge in [-0.3, -0.25) is 9.59 Å². The molecule has 0 radical (unpaired) electrons. The van der Waals surface area contributed by atoms with Gasteiger partial charge in [0.25, 0.3) is 0 Å². The quantitative estimate of drug-likeness (QED) is 0.706. The van der Waals surface area contributed by atoms with Crippen LogP contribution in [0.4, 0.5) is 5.69 Å². The fourth-order valence-corrected chi connectivity index (χ4v) is 1.53. The third kappa shape index (κ3) is 5.51. The minimum Gasteiger partial charge on any atom is -0.478 e. The maximum absolute atomic E-state index is 11.6. The lowest BCUT2D eigenvalue weighted by Gasteiger charge is -2.06. The Hall–Kier alpha value is -2.37. The molecule has 0 aliphatic rings. The fourth-order valence-electron chi connectivity index (χ4n) is 1.53. The Labute approximate surface area is 117 Å². The number of carboxylic acid groups (broad SMARTS) is 1. The highest BCUT2D eigenvalue weighted by atomic mass is 16.4. The predicted molar refractivity (Wildman–Crippen MR) is 74.6 cm³/mol. The van der Waals surface area contributed by atoms with Crippen LogP contribution in [0.5, 0.6) is 0 Å². The number of carbonyl (C=O) groups excluding carboxylic acids is 2. The molecule has 108 valence electrons. The Morgan fingerprint density at radius 3 is 2.50 bits per heavy atom. The van der Waals surface area contributed by atoms with Crippen molar-refractivity contribution in [2.24, 2.45) is 0 Å². The van der Waals surface area contributed by atoms with Crippen molar-refractivity contribution in [2.75, 3.05) is 11.9 Å². The van der Waals surface area contributed by atoms with E-state index in [1.807, 2.05) is 6.92 Å². The zero-order chi connectivity index (χ0) is 15.0. The van der Waals surface area contributed by atoms with Crippen LogP contribution in [0.3, 0.4) is 0 Å². The molecule has 0 aliphatic carbocycles. The van der Waals surface area contributed by atoms with Crippen LogP contribution in [-0.2, 0) is 9.59 Å². The molecule has 3 N–H and O–H groups in total. The monoisotopic (exact) mass is 278 g/mol. The zero-order valence-corrected chi connectivity index (χ0v) is 11.3. The second kappa shape index (κ2) is 7.93. The molecule has 0 bridgehead atoms. The van der Waals surface area contributed by atoms with Gasteiger partial charge in [0.2, 0.25) is 11.8 Å². The minimum absolute atomic E-state index is 0.0623. The Morgan fingerprint density at radius 2 is 1.85 bits per heavy atom. The van der Waals surface area contributed by atoms with E-state index in [9.17, 15) is 14.4 Å². The maximum atomic E-state index is 11.6. The smallest absolute Gasteiger partial charge is 0.335 e. The van der Waals surface area contributed by atoms with Crippen LogP contribution in [0.15, 0.2) is 24.3 Å². The van der Waals surface area contributed by atoms with Gasteiger partial charge in [0.1, 0.15) is 0 Å². The van der Waals surface area contributed by atoms with Crippen molar-refractivity contribution in [3.8, 4) is 0 Å². The Bertz CT molecular complexity index is 500. The fraction of sp³-hybridized carbons (Fsp3) is 0.357. The van der Waals surface area contributed by atoms with Crippen molar-refractivity contribution in [1.82, 2.24) is 5.32 Å². The number of benzene rings is 1. The highest BCUT2D eigenvalue weighted by molar-refractivity contribution is 5.95. The van der Waals surface area contributed by atoms with Crippen molar-refractivity contribution in [3.63, 3.8) is 0 Å². The number of hydrogen-bond acceptors (Lipinski definition) is 3. The molecule has 0 spiro atoms. The van der Waals surface area contributed by atoms with Crippen molar-refractivity contribution < 1.29 is 19.5 Å². The first-order valence-electron chi connectivity index (χ1n) is 6.43. The van der Waals surface area contributed by atoms with Crippen LogP contribution in [0.1, 0.15) is 36.5 Å². The molecule has 0 aliphatic heterocycles. The van der Waals surface area contributed by atoms with Gasteiger partial charge in [0, 0.05) is 25.1 Å². The van der Waals surface area contributed by atoms with E-state index in [0.29, 0.717) is 12.2 Å². The van der Waals surface area contributed by atoms with Crippen molar-refractivity contribution in [2.45, 2.75) is 26.2 Å². The van der Waals surface area contributed by atoms with Crippen molar-refractivity contribution in [1.29, 1.82) is 0 Å². The Kier molecular flexibility index (Phi) is 6.22. The first-order chi connectivity index (χ1) is 9.52. The number of amides is 2. The van der Waals surface area contributed by atoms with Crippen LogP contribution >= 0.6 is 0 Å². The first-order valence-corrected chi connectivity index (χ1v) is 6.43. The lowest BCUT2D eigenvalue weighted by atomic mass is 10.2. The Balaban J connectivity index is 2.44. The van der Waals surface area contributed by atoms with Gasteiger partial charge in [-0.15, -0.1) is 0 Å². The highest BCUT2D eigenvalue weighted by Gasteiger charge is 2.08. The van der Waals surface area contributed by atoms with Gasteiger partial charge in [0.05, 0.1) is 5.56 Å². The third-order valence-corrected chi connectivity index (χ3v) is 2.54. The second-order valence-corrected chi connectivity index (χ2v) is 4.28. The number of hydrogen-bond donors (Lipinski definition) is 3. The van der Waals surface area contributed by atoms with E-state index in [4.69, 9.17) is 5.11 Å². The van der Waals surface area contributed by atoms with Crippen molar-refractivity contribution >= 4 is 23.5 Å². The molecule has 0 fully saturated rings. The number of carboxylic acids is 1. The summed E-state index contributed by atoms with van der Waals surface area (Å²) in [5, 5.41) is 14.1. The molecular weight excluding hydrogens is 260 g/mol. The van der Waals surface area contributed by atoms with E-state index in [2.05, 4.69) is 10.6 Å². The highest BCUT2D eigenvalue weighted by Crippen LogP contribution is 2.11. The summed E-state index contributed by atoms with van der Waals surface area (Å²) in [6.45, 7) is 2.55. The number of rotatable bonds is 7. The average molecular weight is 278 g/mol. The summed E-state index contributed by atoms with van der Waals surface area (Å²) in [5.41, 5.74) is 0.507. The molecular formula is C14H18N2O4. The number of aromatic carboxylic acids is 1. The van der Waals surface area contributed by atoms with Crippen LogP contribution in [0, 0.1) is 0 Å². The van der Waals surface area contributed by atoms with E-state index in [1.54, 1.807) is 12.1 Å². The SMILES string of the molecule is CCCNC(=O)CCC(=O)Nc1cccc(C(=O)O)c1. The molecule has 0 unspecified atom stereocenters. The standard InChI is InChI=1S/C14H18N2O4/c1-2-8-15-12(17)6-7-13(18)16-11-5-3-4-10(9-11)14(19)20/h3-5,9H,2,6-8H2,1H3,(H,15,17)(H,16,18)(H,19,20). The summed E-state index contributed by atoms with van der Waals surface area (Å²) >= 11 is 0. The molecule has 0 atom stereocenters. The molecule has 1 rings (SSSR count). The molecule has 2 amide bonds. The average Bonchev–Trinajstić information content (AvgIpc) is 2.43. The molecule has 1 aromatic carbocycles. The van der Waals surface area contributed by atoms with Gasteiger partial charge in [-0.05, 0) is 24.6 Å². The van der Waals surface area contributed by atoms with Gasteiger partial charge < -0.3 is 15.7 Å². The molecule has 0 saturated carbocycles. The number of nitrogens with one attached hydrogen (secondary N) is 2. The zero-order valence-electron chi connectivity index (χ0n) is 11.3. The molecule has 20 heavy (non-hydrogen) atoms. The molecule has 1 aromatic rings. The summed E-state index contributed by atoms with van der Waals surface area (Å²) in [6, 6.07) is 5.96.